The lowest BCUT2D eigenvalue weighted by Crippen LogP contribution is -2.11. The summed E-state index contributed by atoms with van der Waals surface area (Å²) in [6.45, 7) is 7.98. The Morgan fingerprint density at radius 1 is 1.50 bits per heavy atom. The van der Waals surface area contributed by atoms with Gasteiger partial charge in [-0.15, -0.1) is 0 Å². The van der Waals surface area contributed by atoms with Gasteiger partial charge in [-0.25, -0.2) is 0 Å². The van der Waals surface area contributed by atoms with E-state index in [-0.39, 0.29) is 5.41 Å². The Labute approximate surface area is 73.6 Å². The van der Waals surface area contributed by atoms with Crippen LogP contribution in [0.4, 0.5) is 0 Å². The maximum Gasteiger partial charge on any atom is 0.0531 e. The molecular formula is C9H17N3. The monoisotopic (exact) mass is 167 g/mol. The van der Waals surface area contributed by atoms with Crippen LogP contribution in [0, 0.1) is 0 Å². The standard InChI is InChI=1S/C9H17N3/c1-9(2,3)8-6-11-12(7-8)5-4-10/h6-7H,4-5,10H2,1-3H3. The van der Waals surface area contributed by atoms with Gasteiger partial charge in [0.05, 0.1) is 12.7 Å². The molecule has 1 aromatic rings. The maximum atomic E-state index is 5.42. The van der Waals surface area contributed by atoms with Crippen molar-refractivity contribution in [1.29, 1.82) is 0 Å². The van der Waals surface area contributed by atoms with E-state index in [2.05, 4.69) is 32.1 Å². The molecule has 1 aromatic heterocycles. The first-order valence-electron chi connectivity index (χ1n) is 4.27. The van der Waals surface area contributed by atoms with Crippen LogP contribution in [-0.2, 0) is 12.0 Å². The summed E-state index contributed by atoms with van der Waals surface area (Å²) in [6.07, 6.45) is 3.97. The molecular weight excluding hydrogens is 150 g/mol. The minimum Gasteiger partial charge on any atom is -0.329 e. The van der Waals surface area contributed by atoms with Crippen molar-refractivity contribution >= 4 is 0 Å². The van der Waals surface area contributed by atoms with Crippen LogP contribution in [0.3, 0.4) is 0 Å². The average molecular weight is 167 g/mol. The van der Waals surface area contributed by atoms with Crippen molar-refractivity contribution in [2.24, 2.45) is 5.73 Å². The van der Waals surface area contributed by atoms with E-state index in [4.69, 9.17) is 5.73 Å². The minimum atomic E-state index is 0.187. The van der Waals surface area contributed by atoms with Gasteiger partial charge in [-0.1, -0.05) is 20.8 Å². The molecule has 0 bridgehead atoms. The fraction of sp³-hybridized carbons (Fsp3) is 0.667. The Kier molecular flexibility index (Phi) is 2.52. The van der Waals surface area contributed by atoms with Gasteiger partial charge < -0.3 is 5.73 Å². The van der Waals surface area contributed by atoms with Gasteiger partial charge in [0.1, 0.15) is 0 Å². The molecule has 0 aliphatic heterocycles. The van der Waals surface area contributed by atoms with Gasteiger partial charge in [0, 0.05) is 12.7 Å². The SMILES string of the molecule is CC(C)(C)c1cnn(CCN)c1. The lowest BCUT2D eigenvalue weighted by Gasteiger charge is -2.14. The van der Waals surface area contributed by atoms with Crippen LogP contribution in [-0.4, -0.2) is 16.3 Å². The van der Waals surface area contributed by atoms with E-state index in [0.717, 1.165) is 6.54 Å². The molecule has 0 aromatic carbocycles. The van der Waals surface area contributed by atoms with Crippen molar-refractivity contribution in [2.45, 2.75) is 32.7 Å². The zero-order chi connectivity index (χ0) is 9.19. The summed E-state index contributed by atoms with van der Waals surface area (Å²) in [5, 5.41) is 4.21. The lowest BCUT2D eigenvalue weighted by molar-refractivity contribution is 0.583. The van der Waals surface area contributed by atoms with E-state index >= 15 is 0 Å². The van der Waals surface area contributed by atoms with Crippen LogP contribution < -0.4 is 5.73 Å². The summed E-state index contributed by atoms with van der Waals surface area (Å²) in [7, 11) is 0. The van der Waals surface area contributed by atoms with Gasteiger partial charge in [0.2, 0.25) is 0 Å². The quantitative estimate of drug-likeness (QED) is 0.717. The zero-order valence-corrected chi connectivity index (χ0v) is 8.04. The molecule has 0 fully saturated rings. The van der Waals surface area contributed by atoms with Crippen molar-refractivity contribution < 1.29 is 0 Å². The van der Waals surface area contributed by atoms with E-state index in [1.807, 2.05) is 10.9 Å². The highest BCUT2D eigenvalue weighted by molar-refractivity contribution is 5.14. The molecule has 0 saturated heterocycles. The van der Waals surface area contributed by atoms with Crippen molar-refractivity contribution in [1.82, 2.24) is 9.78 Å². The maximum absolute atomic E-state index is 5.42. The molecule has 1 rings (SSSR count). The molecule has 2 N–H and O–H groups in total. The van der Waals surface area contributed by atoms with E-state index in [1.54, 1.807) is 0 Å². The number of hydrogen-bond donors (Lipinski definition) is 1. The molecule has 12 heavy (non-hydrogen) atoms. The second-order valence-corrected chi connectivity index (χ2v) is 4.03. The molecule has 1 heterocycles. The number of nitrogens with two attached hydrogens (primary N) is 1. The van der Waals surface area contributed by atoms with E-state index in [0.29, 0.717) is 6.54 Å². The summed E-state index contributed by atoms with van der Waals surface area (Å²) in [6, 6.07) is 0. The van der Waals surface area contributed by atoms with E-state index in [1.165, 1.54) is 5.56 Å². The van der Waals surface area contributed by atoms with Gasteiger partial charge in [-0.3, -0.25) is 4.68 Å². The molecule has 3 nitrogen and oxygen atoms in total. The molecule has 0 spiro atoms. The molecule has 0 unspecified atom stereocenters. The van der Waals surface area contributed by atoms with Gasteiger partial charge in [-0.05, 0) is 11.0 Å². The van der Waals surface area contributed by atoms with Crippen LogP contribution in [0.2, 0.25) is 0 Å². The fourth-order valence-electron chi connectivity index (χ4n) is 1.01. The van der Waals surface area contributed by atoms with Crippen molar-refractivity contribution in [3.05, 3.63) is 18.0 Å². The Morgan fingerprint density at radius 3 is 2.58 bits per heavy atom. The second kappa shape index (κ2) is 3.27. The topological polar surface area (TPSA) is 43.8 Å². The highest BCUT2D eigenvalue weighted by atomic mass is 15.3. The van der Waals surface area contributed by atoms with Gasteiger partial charge in [-0.2, -0.15) is 5.10 Å². The van der Waals surface area contributed by atoms with Crippen molar-refractivity contribution in [3.8, 4) is 0 Å². The van der Waals surface area contributed by atoms with Crippen LogP contribution in [0.25, 0.3) is 0 Å². The fourth-order valence-corrected chi connectivity index (χ4v) is 1.01. The third-order valence-corrected chi connectivity index (χ3v) is 1.86. The average Bonchev–Trinajstić information content (AvgIpc) is 2.35. The molecule has 0 radical (unpaired) electrons. The lowest BCUT2D eigenvalue weighted by atomic mass is 9.90. The molecule has 0 aliphatic rings. The minimum absolute atomic E-state index is 0.187. The van der Waals surface area contributed by atoms with Gasteiger partial charge in [0.25, 0.3) is 0 Å². The third-order valence-electron chi connectivity index (χ3n) is 1.86. The highest BCUT2D eigenvalue weighted by Crippen LogP contribution is 2.20. The Hall–Kier alpha value is -0.830. The smallest absolute Gasteiger partial charge is 0.0531 e. The third kappa shape index (κ3) is 2.08. The van der Waals surface area contributed by atoms with Gasteiger partial charge >= 0.3 is 0 Å². The predicted molar refractivity (Wildman–Crippen MR) is 50.0 cm³/mol. The summed E-state index contributed by atoms with van der Waals surface area (Å²) in [5.41, 5.74) is 6.87. The second-order valence-electron chi connectivity index (χ2n) is 4.03. The largest absolute Gasteiger partial charge is 0.329 e. The molecule has 3 heteroatoms. The summed E-state index contributed by atoms with van der Waals surface area (Å²) < 4.78 is 1.89. The molecule has 0 aliphatic carbocycles. The molecule has 68 valence electrons. The Balaban J connectivity index is 2.77. The van der Waals surface area contributed by atoms with Crippen LogP contribution in [0.15, 0.2) is 12.4 Å². The normalized spacial score (nSPS) is 12.0. The van der Waals surface area contributed by atoms with Crippen LogP contribution >= 0.6 is 0 Å². The Bertz CT molecular complexity index is 245. The van der Waals surface area contributed by atoms with Crippen LogP contribution in [0.1, 0.15) is 26.3 Å². The number of nitrogens with zero attached hydrogens (tertiary/aromatic N) is 2. The summed E-state index contributed by atoms with van der Waals surface area (Å²) in [5.74, 6) is 0. The first kappa shape index (κ1) is 9.26. The highest BCUT2D eigenvalue weighted by Gasteiger charge is 2.15. The summed E-state index contributed by atoms with van der Waals surface area (Å²) >= 11 is 0. The first-order chi connectivity index (χ1) is 5.54. The molecule has 0 atom stereocenters. The van der Waals surface area contributed by atoms with E-state index in [9.17, 15) is 0 Å². The number of rotatable bonds is 2. The number of aromatic nitrogens is 2. The first-order valence-corrected chi connectivity index (χ1v) is 4.27. The summed E-state index contributed by atoms with van der Waals surface area (Å²) in [4.78, 5) is 0. The number of hydrogen-bond acceptors (Lipinski definition) is 2. The molecule has 0 saturated carbocycles. The van der Waals surface area contributed by atoms with Crippen LogP contribution in [0.5, 0.6) is 0 Å². The zero-order valence-electron chi connectivity index (χ0n) is 8.04. The Morgan fingerprint density at radius 2 is 2.17 bits per heavy atom. The van der Waals surface area contributed by atoms with Crippen molar-refractivity contribution in [2.75, 3.05) is 6.54 Å². The van der Waals surface area contributed by atoms with E-state index < -0.39 is 0 Å². The predicted octanol–water partition coefficient (Wildman–Crippen LogP) is 1.14. The van der Waals surface area contributed by atoms with Gasteiger partial charge in [0.15, 0.2) is 0 Å². The van der Waals surface area contributed by atoms with Crippen molar-refractivity contribution in [3.63, 3.8) is 0 Å². The molecule has 0 amide bonds.